The van der Waals surface area contributed by atoms with Gasteiger partial charge in [-0.25, -0.2) is 9.59 Å². The third kappa shape index (κ3) is 6.28. The third-order valence-electron chi connectivity index (χ3n) is 3.46. The van der Waals surface area contributed by atoms with Crippen LogP contribution in [0.2, 0.25) is 0 Å². The second-order valence-electron chi connectivity index (χ2n) is 5.41. The van der Waals surface area contributed by atoms with Gasteiger partial charge >= 0.3 is 12.1 Å². The third-order valence-corrected chi connectivity index (χ3v) is 3.46. The topological polar surface area (TPSA) is 108 Å². The Labute approximate surface area is 155 Å². The largest absolute Gasteiger partial charge is 0.465 e. The van der Waals surface area contributed by atoms with Crippen molar-refractivity contribution in [2.45, 2.75) is 6.61 Å². The summed E-state index contributed by atoms with van der Waals surface area (Å²) < 4.78 is 9.65. The first-order valence-electron chi connectivity index (χ1n) is 7.98. The van der Waals surface area contributed by atoms with E-state index in [1.165, 1.54) is 19.2 Å². The van der Waals surface area contributed by atoms with Gasteiger partial charge < -0.3 is 14.8 Å². The summed E-state index contributed by atoms with van der Waals surface area (Å²) in [5.41, 5.74) is 1.15. The molecule has 2 aromatic rings. The first-order valence-corrected chi connectivity index (χ1v) is 7.98. The van der Waals surface area contributed by atoms with Crippen LogP contribution in [0.4, 0.5) is 10.5 Å². The maximum absolute atomic E-state index is 11.6. The number of rotatable bonds is 7. The number of nitrogens with one attached hydrogen (secondary N) is 1. The highest BCUT2D eigenvalue weighted by Crippen LogP contribution is 2.19. The van der Waals surface area contributed by atoms with Crippen LogP contribution in [0, 0.1) is 10.1 Å². The van der Waals surface area contributed by atoms with Crippen LogP contribution in [0.1, 0.15) is 21.5 Å². The van der Waals surface area contributed by atoms with Gasteiger partial charge in [-0.3, -0.25) is 10.1 Å². The molecule has 0 saturated carbocycles. The van der Waals surface area contributed by atoms with Gasteiger partial charge in [-0.05, 0) is 17.2 Å². The fraction of sp³-hybridized carbons (Fsp3) is 0.158. The molecule has 2 aromatic carbocycles. The lowest BCUT2D eigenvalue weighted by atomic mass is 10.1. The summed E-state index contributed by atoms with van der Waals surface area (Å²) in [7, 11) is 1.20. The Morgan fingerprint density at radius 1 is 1.19 bits per heavy atom. The first kappa shape index (κ1) is 19.6. The number of hydrogen-bond acceptors (Lipinski definition) is 6. The summed E-state index contributed by atoms with van der Waals surface area (Å²) in [6, 6.07) is 13.2. The lowest BCUT2D eigenvalue weighted by molar-refractivity contribution is -0.384. The molecule has 8 heteroatoms. The molecular weight excluding hydrogens is 352 g/mol. The van der Waals surface area contributed by atoms with E-state index in [4.69, 9.17) is 4.74 Å². The molecule has 0 atom stereocenters. The SMILES string of the molecule is COC(=O)c1cc(C=CCNC(=O)OCc2ccccc2)cc([N+](=O)[O-])c1. The minimum atomic E-state index is -0.670. The van der Waals surface area contributed by atoms with Crippen LogP contribution >= 0.6 is 0 Å². The maximum Gasteiger partial charge on any atom is 0.407 e. The van der Waals surface area contributed by atoms with Crippen molar-refractivity contribution >= 4 is 23.8 Å². The number of non-ortho nitro benzene ring substituents is 1. The maximum atomic E-state index is 11.6. The fourth-order valence-corrected chi connectivity index (χ4v) is 2.18. The van der Waals surface area contributed by atoms with Crippen molar-refractivity contribution in [3.05, 3.63) is 81.4 Å². The average molecular weight is 370 g/mol. The Morgan fingerprint density at radius 3 is 2.59 bits per heavy atom. The highest BCUT2D eigenvalue weighted by Gasteiger charge is 2.13. The molecule has 2 rings (SSSR count). The van der Waals surface area contributed by atoms with Gasteiger partial charge in [0.05, 0.1) is 17.6 Å². The van der Waals surface area contributed by atoms with Crippen LogP contribution in [0.5, 0.6) is 0 Å². The van der Waals surface area contributed by atoms with Crippen molar-refractivity contribution in [1.82, 2.24) is 5.32 Å². The van der Waals surface area contributed by atoms with Crippen molar-refractivity contribution in [2.24, 2.45) is 0 Å². The second-order valence-corrected chi connectivity index (χ2v) is 5.41. The molecule has 0 aliphatic carbocycles. The Morgan fingerprint density at radius 2 is 1.93 bits per heavy atom. The highest BCUT2D eigenvalue weighted by atomic mass is 16.6. The molecular formula is C19H18N2O6. The normalized spacial score (nSPS) is 10.4. The molecule has 0 saturated heterocycles. The summed E-state index contributed by atoms with van der Waals surface area (Å²) in [4.78, 5) is 33.6. The monoisotopic (exact) mass is 370 g/mol. The van der Waals surface area contributed by atoms with Crippen LogP contribution in [0.25, 0.3) is 6.08 Å². The van der Waals surface area contributed by atoms with Gasteiger partial charge in [0.1, 0.15) is 6.61 Å². The molecule has 0 fully saturated rings. The lowest BCUT2D eigenvalue weighted by Gasteiger charge is -2.05. The molecule has 0 aromatic heterocycles. The molecule has 0 spiro atoms. The van der Waals surface area contributed by atoms with E-state index >= 15 is 0 Å². The minimum Gasteiger partial charge on any atom is -0.465 e. The quantitative estimate of drug-likeness (QED) is 0.455. The molecule has 1 amide bonds. The summed E-state index contributed by atoms with van der Waals surface area (Å²) in [5.74, 6) is -0.670. The van der Waals surface area contributed by atoms with Crippen molar-refractivity contribution in [3.63, 3.8) is 0 Å². The molecule has 1 N–H and O–H groups in total. The van der Waals surface area contributed by atoms with E-state index in [1.54, 1.807) is 12.2 Å². The Kier molecular flexibility index (Phi) is 7.07. The lowest BCUT2D eigenvalue weighted by Crippen LogP contribution is -2.24. The van der Waals surface area contributed by atoms with Crippen molar-refractivity contribution in [1.29, 1.82) is 0 Å². The number of esters is 1. The van der Waals surface area contributed by atoms with Gasteiger partial charge in [0.25, 0.3) is 5.69 Å². The summed E-state index contributed by atoms with van der Waals surface area (Å²) in [5, 5.41) is 13.5. The number of nitrogens with zero attached hydrogens (tertiary/aromatic N) is 1. The zero-order chi connectivity index (χ0) is 19.6. The predicted octanol–water partition coefficient (Wildman–Crippen LogP) is 3.32. The Bertz CT molecular complexity index is 849. The summed E-state index contributed by atoms with van der Waals surface area (Å²) in [6.45, 7) is 0.313. The molecule has 140 valence electrons. The van der Waals surface area contributed by atoms with Gasteiger partial charge in [-0.2, -0.15) is 0 Å². The zero-order valence-electron chi connectivity index (χ0n) is 14.6. The van der Waals surface area contributed by atoms with E-state index in [0.29, 0.717) is 5.56 Å². The highest BCUT2D eigenvalue weighted by molar-refractivity contribution is 5.91. The van der Waals surface area contributed by atoms with E-state index in [-0.39, 0.29) is 24.4 Å². The van der Waals surface area contributed by atoms with Gasteiger partial charge in [-0.1, -0.05) is 42.5 Å². The molecule has 0 bridgehead atoms. The Hall–Kier alpha value is -3.68. The van der Waals surface area contributed by atoms with Gasteiger partial charge in [-0.15, -0.1) is 0 Å². The number of amides is 1. The molecule has 8 nitrogen and oxygen atoms in total. The predicted molar refractivity (Wildman–Crippen MR) is 98.1 cm³/mol. The number of ether oxygens (including phenoxy) is 2. The smallest absolute Gasteiger partial charge is 0.407 e. The van der Waals surface area contributed by atoms with E-state index in [2.05, 4.69) is 10.1 Å². The number of hydrogen-bond donors (Lipinski definition) is 1. The standard InChI is InChI=1S/C19H18N2O6/c1-26-18(22)16-10-15(11-17(12-16)21(24)25)8-5-9-20-19(23)27-13-14-6-3-2-4-7-14/h2-8,10-12H,9,13H2,1H3,(H,20,23). The average Bonchev–Trinajstić information content (AvgIpc) is 2.69. The number of alkyl carbamates (subject to hydrolysis) is 1. The van der Waals surface area contributed by atoms with E-state index in [0.717, 1.165) is 11.6 Å². The minimum absolute atomic E-state index is 0.0709. The van der Waals surface area contributed by atoms with Gasteiger partial charge in [0.15, 0.2) is 0 Å². The molecule has 0 radical (unpaired) electrons. The van der Waals surface area contributed by atoms with Gasteiger partial charge in [0, 0.05) is 18.7 Å². The zero-order valence-corrected chi connectivity index (χ0v) is 14.6. The molecule has 0 aliphatic rings. The van der Waals surface area contributed by atoms with Crippen LogP contribution in [0.3, 0.4) is 0 Å². The molecule has 0 heterocycles. The molecule has 0 aliphatic heterocycles. The van der Waals surface area contributed by atoms with Crippen molar-refractivity contribution in [2.75, 3.05) is 13.7 Å². The number of carbonyl (C=O) groups is 2. The number of nitro benzene ring substituents is 1. The van der Waals surface area contributed by atoms with Crippen LogP contribution in [-0.2, 0) is 16.1 Å². The number of carbonyl (C=O) groups excluding carboxylic acids is 2. The summed E-state index contributed by atoms with van der Waals surface area (Å²) >= 11 is 0. The van der Waals surface area contributed by atoms with E-state index in [1.807, 2.05) is 30.3 Å². The number of methoxy groups -OCH3 is 1. The fourth-order valence-electron chi connectivity index (χ4n) is 2.18. The Balaban J connectivity index is 1.91. The number of benzene rings is 2. The van der Waals surface area contributed by atoms with Gasteiger partial charge in [0.2, 0.25) is 0 Å². The molecule has 0 unspecified atom stereocenters. The molecule has 27 heavy (non-hydrogen) atoms. The second kappa shape index (κ2) is 9.71. The summed E-state index contributed by atoms with van der Waals surface area (Å²) in [6.07, 6.45) is 2.55. The van der Waals surface area contributed by atoms with E-state index in [9.17, 15) is 19.7 Å². The first-order chi connectivity index (χ1) is 13.0. The van der Waals surface area contributed by atoms with Crippen LogP contribution in [-0.4, -0.2) is 30.6 Å². The van der Waals surface area contributed by atoms with Crippen LogP contribution < -0.4 is 5.32 Å². The van der Waals surface area contributed by atoms with E-state index < -0.39 is 17.0 Å². The van der Waals surface area contributed by atoms with Crippen molar-refractivity contribution in [3.8, 4) is 0 Å². The van der Waals surface area contributed by atoms with Crippen molar-refractivity contribution < 1.29 is 24.0 Å². The number of nitro groups is 1. The van der Waals surface area contributed by atoms with Crippen LogP contribution in [0.15, 0.2) is 54.6 Å².